The fourth-order valence-electron chi connectivity index (χ4n) is 2.54. The standard InChI is InChI=1S/C14H25N3O4/c1-4-16(5-2)12(18)10-15(3)14(21)17-8-6-7-11(9-17)13(19)20/h11H,4-10H2,1-3H3,(H,19,20)/t11-/m0/s1. The molecule has 7 heteroatoms. The Hall–Kier alpha value is -1.79. The van der Waals surface area contributed by atoms with E-state index in [0.717, 1.165) is 0 Å². The molecule has 1 fully saturated rings. The van der Waals surface area contributed by atoms with Gasteiger partial charge in [0.15, 0.2) is 0 Å². The molecule has 1 atom stereocenters. The Morgan fingerprint density at radius 1 is 1.24 bits per heavy atom. The number of carbonyl (C=O) groups excluding carboxylic acids is 2. The maximum Gasteiger partial charge on any atom is 0.320 e. The molecule has 1 rings (SSSR count). The first-order valence-corrected chi connectivity index (χ1v) is 7.41. The van der Waals surface area contributed by atoms with Crippen LogP contribution in [-0.2, 0) is 9.59 Å². The summed E-state index contributed by atoms with van der Waals surface area (Å²) in [5.74, 6) is -1.47. The number of likely N-dealkylation sites (N-methyl/N-ethyl adjacent to an activating group) is 2. The van der Waals surface area contributed by atoms with Crippen LogP contribution in [0.25, 0.3) is 0 Å². The van der Waals surface area contributed by atoms with Crippen LogP contribution in [0, 0.1) is 5.92 Å². The van der Waals surface area contributed by atoms with E-state index >= 15 is 0 Å². The summed E-state index contributed by atoms with van der Waals surface area (Å²) in [7, 11) is 1.58. The largest absolute Gasteiger partial charge is 0.481 e. The molecule has 0 aliphatic carbocycles. The summed E-state index contributed by atoms with van der Waals surface area (Å²) >= 11 is 0. The predicted octanol–water partition coefficient (Wildman–Crippen LogP) is 0.703. The van der Waals surface area contributed by atoms with Crippen molar-refractivity contribution >= 4 is 17.9 Å². The second kappa shape index (κ2) is 7.85. The van der Waals surface area contributed by atoms with E-state index in [0.29, 0.717) is 32.5 Å². The van der Waals surface area contributed by atoms with Gasteiger partial charge in [0.25, 0.3) is 0 Å². The van der Waals surface area contributed by atoms with Crippen LogP contribution in [0.2, 0.25) is 0 Å². The molecule has 0 unspecified atom stereocenters. The number of carboxylic acid groups (broad SMARTS) is 1. The summed E-state index contributed by atoms with van der Waals surface area (Å²) in [6.45, 7) is 5.81. The minimum absolute atomic E-state index is 0.0226. The van der Waals surface area contributed by atoms with Gasteiger partial charge < -0.3 is 19.8 Å². The third kappa shape index (κ3) is 4.61. The average molecular weight is 299 g/mol. The Bertz CT molecular complexity index is 396. The molecule has 0 bridgehead atoms. The van der Waals surface area contributed by atoms with Gasteiger partial charge in [-0.25, -0.2) is 4.79 Å². The molecule has 7 nitrogen and oxygen atoms in total. The smallest absolute Gasteiger partial charge is 0.320 e. The number of hydrogen-bond acceptors (Lipinski definition) is 3. The third-order valence-corrected chi connectivity index (χ3v) is 3.86. The van der Waals surface area contributed by atoms with Crippen molar-refractivity contribution in [1.82, 2.24) is 14.7 Å². The first kappa shape index (κ1) is 17.3. The van der Waals surface area contributed by atoms with Crippen molar-refractivity contribution in [3.8, 4) is 0 Å². The molecule has 0 radical (unpaired) electrons. The zero-order valence-electron chi connectivity index (χ0n) is 13.0. The van der Waals surface area contributed by atoms with Gasteiger partial charge >= 0.3 is 12.0 Å². The zero-order valence-corrected chi connectivity index (χ0v) is 13.0. The van der Waals surface area contributed by atoms with E-state index in [9.17, 15) is 14.4 Å². The van der Waals surface area contributed by atoms with E-state index in [-0.39, 0.29) is 25.0 Å². The molecular formula is C14H25N3O4. The van der Waals surface area contributed by atoms with Gasteiger partial charge in [0, 0.05) is 33.2 Å². The number of aliphatic carboxylic acids is 1. The van der Waals surface area contributed by atoms with Gasteiger partial charge in [0.05, 0.1) is 5.92 Å². The number of rotatable bonds is 5. The van der Waals surface area contributed by atoms with Gasteiger partial charge in [-0.3, -0.25) is 9.59 Å². The van der Waals surface area contributed by atoms with E-state index < -0.39 is 11.9 Å². The topological polar surface area (TPSA) is 81.2 Å². The highest BCUT2D eigenvalue weighted by Crippen LogP contribution is 2.17. The van der Waals surface area contributed by atoms with Gasteiger partial charge in [-0.15, -0.1) is 0 Å². The second-order valence-electron chi connectivity index (χ2n) is 5.33. The number of likely N-dealkylation sites (tertiary alicyclic amines) is 1. The quantitative estimate of drug-likeness (QED) is 0.810. The van der Waals surface area contributed by atoms with Crippen LogP contribution in [-0.4, -0.2) is 77.5 Å². The highest BCUT2D eigenvalue weighted by Gasteiger charge is 2.30. The number of nitrogens with zero attached hydrogens (tertiary/aromatic N) is 3. The lowest BCUT2D eigenvalue weighted by atomic mass is 9.99. The molecule has 1 heterocycles. The zero-order chi connectivity index (χ0) is 16.0. The number of carbonyl (C=O) groups is 3. The molecule has 21 heavy (non-hydrogen) atoms. The minimum atomic E-state index is -0.866. The van der Waals surface area contributed by atoms with E-state index in [2.05, 4.69) is 0 Å². The van der Waals surface area contributed by atoms with Gasteiger partial charge in [0.1, 0.15) is 6.54 Å². The number of urea groups is 1. The molecule has 1 N–H and O–H groups in total. The summed E-state index contributed by atoms with van der Waals surface area (Å²) in [6.07, 6.45) is 1.28. The molecule has 3 amide bonds. The molecule has 120 valence electrons. The normalized spacial score (nSPS) is 18.2. The Morgan fingerprint density at radius 2 is 1.86 bits per heavy atom. The predicted molar refractivity (Wildman–Crippen MR) is 77.9 cm³/mol. The highest BCUT2D eigenvalue weighted by atomic mass is 16.4. The molecule has 1 saturated heterocycles. The number of hydrogen-bond donors (Lipinski definition) is 1. The summed E-state index contributed by atoms with van der Waals surface area (Å²) < 4.78 is 0. The van der Waals surface area contributed by atoms with E-state index in [1.165, 1.54) is 9.80 Å². The number of piperidine rings is 1. The van der Waals surface area contributed by atoms with Crippen molar-refractivity contribution in [1.29, 1.82) is 0 Å². The Labute approximate surface area is 125 Å². The molecule has 1 aliphatic rings. The first-order chi connectivity index (χ1) is 9.90. The molecule has 0 aromatic heterocycles. The molecule has 0 aromatic carbocycles. The molecular weight excluding hydrogens is 274 g/mol. The van der Waals surface area contributed by atoms with Crippen LogP contribution in [0.4, 0.5) is 4.79 Å². The van der Waals surface area contributed by atoms with Gasteiger partial charge in [-0.1, -0.05) is 0 Å². The van der Waals surface area contributed by atoms with Crippen LogP contribution in [0.3, 0.4) is 0 Å². The lowest BCUT2D eigenvalue weighted by molar-refractivity contribution is -0.143. The Morgan fingerprint density at radius 3 is 2.38 bits per heavy atom. The number of carboxylic acids is 1. The second-order valence-corrected chi connectivity index (χ2v) is 5.33. The van der Waals surface area contributed by atoms with E-state index in [1.807, 2.05) is 13.8 Å². The summed E-state index contributed by atoms with van der Waals surface area (Å²) in [5.41, 5.74) is 0. The van der Waals surface area contributed by atoms with Crippen molar-refractivity contribution in [3.63, 3.8) is 0 Å². The maximum atomic E-state index is 12.3. The van der Waals surface area contributed by atoms with Crippen LogP contribution >= 0.6 is 0 Å². The number of amides is 3. The SMILES string of the molecule is CCN(CC)C(=O)CN(C)C(=O)N1CCC[C@H](C(=O)O)C1. The van der Waals surface area contributed by atoms with Gasteiger partial charge in [-0.05, 0) is 26.7 Å². The van der Waals surface area contributed by atoms with Crippen molar-refractivity contribution in [2.24, 2.45) is 5.92 Å². The van der Waals surface area contributed by atoms with Crippen molar-refractivity contribution in [3.05, 3.63) is 0 Å². The summed E-state index contributed by atoms with van der Waals surface area (Å²) in [6, 6.07) is -0.276. The van der Waals surface area contributed by atoms with E-state index in [1.54, 1.807) is 11.9 Å². The lowest BCUT2D eigenvalue weighted by Crippen LogP contribution is -2.50. The fourth-order valence-corrected chi connectivity index (χ4v) is 2.54. The minimum Gasteiger partial charge on any atom is -0.481 e. The summed E-state index contributed by atoms with van der Waals surface area (Å²) in [5, 5.41) is 9.05. The van der Waals surface area contributed by atoms with Crippen LogP contribution in [0.15, 0.2) is 0 Å². The third-order valence-electron chi connectivity index (χ3n) is 3.86. The van der Waals surface area contributed by atoms with Crippen molar-refractivity contribution in [2.45, 2.75) is 26.7 Å². The Balaban J connectivity index is 2.57. The van der Waals surface area contributed by atoms with Crippen LogP contribution in [0.1, 0.15) is 26.7 Å². The lowest BCUT2D eigenvalue weighted by Gasteiger charge is -2.34. The van der Waals surface area contributed by atoms with Gasteiger partial charge in [0.2, 0.25) is 5.91 Å². The Kier molecular flexibility index (Phi) is 6.45. The van der Waals surface area contributed by atoms with Crippen molar-refractivity contribution in [2.75, 3.05) is 39.8 Å². The molecule has 0 saturated carbocycles. The fraction of sp³-hybridized carbons (Fsp3) is 0.786. The molecule has 0 aromatic rings. The van der Waals surface area contributed by atoms with Crippen LogP contribution < -0.4 is 0 Å². The molecule has 0 spiro atoms. The monoisotopic (exact) mass is 299 g/mol. The van der Waals surface area contributed by atoms with Crippen LogP contribution in [0.5, 0.6) is 0 Å². The van der Waals surface area contributed by atoms with Crippen molar-refractivity contribution < 1.29 is 19.5 Å². The van der Waals surface area contributed by atoms with Gasteiger partial charge in [-0.2, -0.15) is 0 Å². The molecule has 1 aliphatic heterocycles. The first-order valence-electron chi connectivity index (χ1n) is 7.41. The summed E-state index contributed by atoms with van der Waals surface area (Å²) in [4.78, 5) is 39.9. The highest BCUT2D eigenvalue weighted by molar-refractivity contribution is 5.84. The van der Waals surface area contributed by atoms with E-state index in [4.69, 9.17) is 5.11 Å². The maximum absolute atomic E-state index is 12.3. The average Bonchev–Trinajstić information content (AvgIpc) is 2.47.